The van der Waals surface area contributed by atoms with Crippen LogP contribution in [-0.2, 0) is 4.74 Å². The number of hydrogen-bond donors (Lipinski definition) is 1. The van der Waals surface area contributed by atoms with Crippen molar-refractivity contribution in [2.24, 2.45) is 5.92 Å². The van der Waals surface area contributed by atoms with Crippen LogP contribution in [0.2, 0.25) is 0 Å². The Kier molecular flexibility index (Phi) is 5.48. The molecule has 6 heteroatoms. The summed E-state index contributed by atoms with van der Waals surface area (Å²) in [5.41, 5.74) is 4.55. The summed E-state index contributed by atoms with van der Waals surface area (Å²) in [5, 5.41) is 6.94. The van der Waals surface area contributed by atoms with Gasteiger partial charge in [-0.3, -0.25) is 14.9 Å². The summed E-state index contributed by atoms with van der Waals surface area (Å²) in [6, 6.07) is 13.8. The molecule has 1 saturated heterocycles. The Morgan fingerprint density at radius 1 is 1.18 bits per heavy atom. The molecule has 3 aromatic rings. The Hall–Kier alpha value is -2.99. The van der Waals surface area contributed by atoms with Crippen LogP contribution in [0, 0.1) is 5.92 Å². The first-order valence-electron chi connectivity index (χ1n) is 9.59. The highest BCUT2D eigenvalue weighted by molar-refractivity contribution is 5.94. The van der Waals surface area contributed by atoms with Crippen LogP contribution in [0.3, 0.4) is 0 Å². The fourth-order valence-electron chi connectivity index (χ4n) is 3.73. The maximum Gasteiger partial charge on any atom is 0.255 e. The van der Waals surface area contributed by atoms with Gasteiger partial charge in [-0.2, -0.15) is 5.10 Å². The predicted molar refractivity (Wildman–Crippen MR) is 108 cm³/mol. The molecule has 0 radical (unpaired) electrons. The van der Waals surface area contributed by atoms with Crippen LogP contribution in [0.1, 0.15) is 23.2 Å². The van der Waals surface area contributed by atoms with Gasteiger partial charge in [0.2, 0.25) is 0 Å². The number of amides is 1. The van der Waals surface area contributed by atoms with E-state index in [-0.39, 0.29) is 5.91 Å². The van der Waals surface area contributed by atoms with Gasteiger partial charge in [0.1, 0.15) is 0 Å². The van der Waals surface area contributed by atoms with E-state index in [0.717, 1.165) is 48.4 Å². The largest absolute Gasteiger partial charge is 0.384 e. The second kappa shape index (κ2) is 8.35. The molecule has 6 nitrogen and oxygen atoms in total. The lowest BCUT2D eigenvalue weighted by Gasteiger charge is -2.32. The van der Waals surface area contributed by atoms with Crippen molar-refractivity contribution in [2.75, 3.05) is 26.8 Å². The Morgan fingerprint density at radius 3 is 2.68 bits per heavy atom. The average molecular weight is 376 g/mol. The zero-order valence-electron chi connectivity index (χ0n) is 16.0. The molecule has 28 heavy (non-hydrogen) atoms. The first kappa shape index (κ1) is 18.4. The van der Waals surface area contributed by atoms with E-state index in [0.29, 0.717) is 18.1 Å². The molecule has 1 atom stereocenters. The highest BCUT2D eigenvalue weighted by Gasteiger charge is 2.24. The minimum Gasteiger partial charge on any atom is -0.384 e. The average Bonchev–Trinajstić information content (AvgIpc) is 3.29. The Labute approximate surface area is 164 Å². The molecule has 0 saturated carbocycles. The van der Waals surface area contributed by atoms with Gasteiger partial charge in [-0.15, -0.1) is 0 Å². The highest BCUT2D eigenvalue weighted by Crippen LogP contribution is 2.23. The number of hydrogen-bond acceptors (Lipinski definition) is 4. The van der Waals surface area contributed by atoms with E-state index in [1.165, 1.54) is 0 Å². The van der Waals surface area contributed by atoms with Crippen molar-refractivity contribution in [2.45, 2.75) is 12.8 Å². The maximum atomic E-state index is 12.8. The summed E-state index contributed by atoms with van der Waals surface area (Å²) in [7, 11) is 1.71. The minimum atomic E-state index is 0.0504. The Balaban J connectivity index is 1.45. The number of pyridine rings is 1. The van der Waals surface area contributed by atoms with Gasteiger partial charge >= 0.3 is 0 Å². The number of nitrogens with one attached hydrogen (secondary N) is 1. The van der Waals surface area contributed by atoms with E-state index in [2.05, 4.69) is 15.2 Å². The second-order valence-electron chi connectivity index (χ2n) is 7.19. The van der Waals surface area contributed by atoms with E-state index in [1.807, 2.05) is 47.4 Å². The zero-order chi connectivity index (χ0) is 19.3. The predicted octanol–water partition coefficient (Wildman–Crippen LogP) is 3.64. The van der Waals surface area contributed by atoms with Crippen molar-refractivity contribution < 1.29 is 9.53 Å². The number of aromatic nitrogens is 3. The number of rotatable bonds is 5. The number of carbonyl (C=O) groups excluding carboxylic acids is 1. The quantitative estimate of drug-likeness (QED) is 0.738. The van der Waals surface area contributed by atoms with Gasteiger partial charge in [0, 0.05) is 38.2 Å². The molecule has 0 spiro atoms. The van der Waals surface area contributed by atoms with Crippen LogP contribution in [0.5, 0.6) is 0 Å². The third kappa shape index (κ3) is 3.97. The molecule has 1 N–H and O–H groups in total. The van der Waals surface area contributed by atoms with Crippen LogP contribution in [-0.4, -0.2) is 52.8 Å². The zero-order valence-corrected chi connectivity index (χ0v) is 16.0. The van der Waals surface area contributed by atoms with Crippen molar-refractivity contribution in [1.82, 2.24) is 20.1 Å². The summed E-state index contributed by atoms with van der Waals surface area (Å²) in [4.78, 5) is 19.2. The van der Waals surface area contributed by atoms with Gasteiger partial charge < -0.3 is 9.64 Å². The number of H-pyrrole nitrogens is 1. The molecule has 0 aliphatic carbocycles. The fourth-order valence-corrected chi connectivity index (χ4v) is 3.73. The van der Waals surface area contributed by atoms with Crippen LogP contribution in [0.25, 0.3) is 22.5 Å². The normalized spacial score (nSPS) is 16.9. The molecule has 144 valence electrons. The topological polar surface area (TPSA) is 71.1 Å². The number of aromatic amines is 1. The van der Waals surface area contributed by atoms with Crippen molar-refractivity contribution in [3.63, 3.8) is 0 Å². The van der Waals surface area contributed by atoms with Crippen LogP contribution in [0.4, 0.5) is 0 Å². The molecular formula is C22H24N4O2. The number of carbonyl (C=O) groups is 1. The Bertz CT molecular complexity index is 903. The van der Waals surface area contributed by atoms with Crippen LogP contribution < -0.4 is 0 Å². The number of ether oxygens (including phenoxy) is 1. The van der Waals surface area contributed by atoms with Crippen molar-refractivity contribution >= 4 is 5.91 Å². The minimum absolute atomic E-state index is 0.0504. The van der Waals surface area contributed by atoms with E-state index >= 15 is 0 Å². The molecule has 4 rings (SSSR count). The van der Waals surface area contributed by atoms with Gasteiger partial charge in [-0.25, -0.2) is 0 Å². The first-order chi connectivity index (χ1) is 13.7. The van der Waals surface area contributed by atoms with E-state index < -0.39 is 0 Å². The van der Waals surface area contributed by atoms with Gasteiger partial charge in [-0.1, -0.05) is 24.3 Å². The molecule has 0 bridgehead atoms. The summed E-state index contributed by atoms with van der Waals surface area (Å²) >= 11 is 0. The number of piperidine rings is 1. The number of benzene rings is 1. The second-order valence-corrected chi connectivity index (χ2v) is 7.19. The van der Waals surface area contributed by atoms with Crippen LogP contribution in [0.15, 0.2) is 54.9 Å². The molecule has 3 heterocycles. The SMILES string of the molecule is COCC1CCCN(C(=O)c2ccc(-c3ccc(-c4ccn[nH]4)cc3)nc2)C1. The molecule has 1 fully saturated rings. The lowest BCUT2D eigenvalue weighted by molar-refractivity contribution is 0.0570. The third-order valence-corrected chi connectivity index (χ3v) is 5.21. The summed E-state index contributed by atoms with van der Waals surface area (Å²) in [6.45, 7) is 2.26. The molecule has 1 unspecified atom stereocenters. The first-order valence-corrected chi connectivity index (χ1v) is 9.59. The summed E-state index contributed by atoms with van der Waals surface area (Å²) in [6.07, 6.45) is 5.55. The van der Waals surface area contributed by atoms with Gasteiger partial charge in [0.05, 0.1) is 23.6 Å². The number of nitrogens with zero attached hydrogens (tertiary/aromatic N) is 3. The summed E-state index contributed by atoms with van der Waals surface area (Å²) in [5.74, 6) is 0.470. The van der Waals surface area contributed by atoms with E-state index in [4.69, 9.17) is 4.74 Å². The fraction of sp³-hybridized carbons (Fsp3) is 0.318. The monoisotopic (exact) mass is 376 g/mol. The van der Waals surface area contributed by atoms with Crippen LogP contribution >= 0.6 is 0 Å². The molecule has 1 amide bonds. The van der Waals surface area contributed by atoms with Gasteiger partial charge in [0.15, 0.2) is 0 Å². The molecule has 1 aromatic carbocycles. The van der Waals surface area contributed by atoms with E-state index in [1.54, 1.807) is 19.5 Å². The number of likely N-dealkylation sites (tertiary alicyclic amines) is 1. The lowest BCUT2D eigenvalue weighted by atomic mass is 9.98. The van der Waals surface area contributed by atoms with Crippen molar-refractivity contribution in [3.05, 3.63) is 60.4 Å². The molecular weight excluding hydrogens is 352 g/mol. The number of methoxy groups -OCH3 is 1. The van der Waals surface area contributed by atoms with Gasteiger partial charge in [-0.05, 0) is 42.5 Å². The van der Waals surface area contributed by atoms with E-state index in [9.17, 15) is 4.79 Å². The smallest absolute Gasteiger partial charge is 0.255 e. The lowest BCUT2D eigenvalue weighted by Crippen LogP contribution is -2.41. The molecule has 1 aliphatic rings. The van der Waals surface area contributed by atoms with Crippen molar-refractivity contribution in [3.8, 4) is 22.5 Å². The maximum absolute atomic E-state index is 12.8. The van der Waals surface area contributed by atoms with Crippen molar-refractivity contribution in [1.29, 1.82) is 0 Å². The summed E-state index contributed by atoms with van der Waals surface area (Å²) < 4.78 is 5.26. The Morgan fingerprint density at radius 2 is 2.00 bits per heavy atom. The molecule has 2 aromatic heterocycles. The highest BCUT2D eigenvalue weighted by atomic mass is 16.5. The third-order valence-electron chi connectivity index (χ3n) is 5.21. The van der Waals surface area contributed by atoms with Gasteiger partial charge in [0.25, 0.3) is 5.91 Å². The standard InChI is InChI=1S/C22H24N4O2/c1-28-15-16-3-2-12-26(14-16)22(27)19-8-9-20(23-13-19)17-4-6-18(7-5-17)21-10-11-24-25-21/h4-11,13,16H,2-3,12,14-15H2,1H3,(H,24,25). The molecule has 1 aliphatic heterocycles.